The number of ether oxygens (including phenoxy) is 1. The summed E-state index contributed by atoms with van der Waals surface area (Å²) in [5, 5.41) is 18.7. The SMILES string of the molecule is BC(B)(Oc1cc2cc([N+](=O)[O-])ccc2n(C)c1=O)C(=O)O. The Balaban J connectivity index is 2.65. The summed E-state index contributed by atoms with van der Waals surface area (Å²) in [6, 6.07) is 5.37. The number of pyridine rings is 1. The van der Waals surface area contributed by atoms with Gasteiger partial charge in [0.1, 0.15) is 5.40 Å². The van der Waals surface area contributed by atoms with E-state index >= 15 is 0 Å². The van der Waals surface area contributed by atoms with Crippen molar-refractivity contribution < 1.29 is 19.6 Å². The van der Waals surface area contributed by atoms with Crippen molar-refractivity contribution in [3.63, 3.8) is 0 Å². The molecule has 1 aromatic heterocycles. The molecule has 1 aromatic carbocycles. The molecule has 0 radical (unpaired) electrons. The second kappa shape index (κ2) is 5.21. The summed E-state index contributed by atoms with van der Waals surface area (Å²) in [7, 11) is 4.11. The molecule has 10 heteroatoms. The van der Waals surface area contributed by atoms with E-state index in [2.05, 4.69) is 0 Å². The largest absolute Gasteiger partial charge is 0.489 e. The summed E-state index contributed by atoms with van der Waals surface area (Å²) < 4.78 is 6.54. The van der Waals surface area contributed by atoms with Crippen LogP contribution >= 0.6 is 0 Å². The van der Waals surface area contributed by atoms with Crippen molar-refractivity contribution >= 4 is 38.3 Å². The molecule has 0 atom stereocenters. The van der Waals surface area contributed by atoms with Crippen LogP contribution in [0.3, 0.4) is 0 Å². The van der Waals surface area contributed by atoms with Crippen molar-refractivity contribution in [2.45, 2.75) is 5.40 Å². The molecule has 0 aliphatic carbocycles. The van der Waals surface area contributed by atoms with E-state index in [9.17, 15) is 19.7 Å². The standard InChI is InChI=1S/C12H12B2N2O6/c1-15-8-3-2-7(16(20)21)4-6(8)5-9(10(15)17)22-12(13,14)11(18)19/h2-5H,13-14H2,1H3,(H,18,19). The summed E-state index contributed by atoms with van der Waals surface area (Å²) >= 11 is 0. The van der Waals surface area contributed by atoms with Gasteiger partial charge in [-0.05, 0) is 12.1 Å². The number of fused-ring (bicyclic) bond motifs is 1. The Morgan fingerprint density at radius 3 is 2.59 bits per heavy atom. The first-order valence-corrected chi connectivity index (χ1v) is 6.34. The summed E-state index contributed by atoms with van der Waals surface area (Å²) in [5.74, 6) is -1.41. The van der Waals surface area contributed by atoms with Gasteiger partial charge in [0.15, 0.2) is 21.4 Å². The minimum Gasteiger partial charge on any atom is -0.489 e. The van der Waals surface area contributed by atoms with Crippen LogP contribution in [0.2, 0.25) is 0 Å². The fourth-order valence-electron chi connectivity index (χ4n) is 1.95. The molecule has 112 valence electrons. The first-order chi connectivity index (χ1) is 10.1. The quantitative estimate of drug-likeness (QED) is 0.433. The Morgan fingerprint density at radius 2 is 2.05 bits per heavy atom. The smallest absolute Gasteiger partial charge is 0.329 e. The van der Waals surface area contributed by atoms with Crippen LogP contribution in [0, 0.1) is 10.1 Å². The van der Waals surface area contributed by atoms with E-state index < -0.39 is 21.9 Å². The van der Waals surface area contributed by atoms with Crippen molar-refractivity contribution in [1.82, 2.24) is 4.57 Å². The molecular formula is C12H12B2N2O6. The second-order valence-electron chi connectivity index (χ2n) is 5.29. The lowest BCUT2D eigenvalue weighted by Gasteiger charge is -2.22. The minimum atomic E-state index is -1.60. The number of hydrogen-bond donors (Lipinski definition) is 1. The number of benzene rings is 1. The van der Waals surface area contributed by atoms with Gasteiger partial charge in [0.2, 0.25) is 0 Å². The van der Waals surface area contributed by atoms with Gasteiger partial charge in [-0.1, -0.05) is 0 Å². The zero-order chi connectivity index (χ0) is 16.7. The maximum atomic E-state index is 12.2. The average Bonchev–Trinajstić information content (AvgIpc) is 2.43. The lowest BCUT2D eigenvalue weighted by atomic mass is 9.65. The van der Waals surface area contributed by atoms with E-state index in [0.29, 0.717) is 10.9 Å². The molecule has 0 amide bonds. The third-order valence-electron chi connectivity index (χ3n) is 3.27. The zero-order valence-electron chi connectivity index (χ0n) is 12.2. The summed E-state index contributed by atoms with van der Waals surface area (Å²) in [4.78, 5) is 33.6. The van der Waals surface area contributed by atoms with Crippen LogP contribution in [-0.4, -0.2) is 41.7 Å². The van der Waals surface area contributed by atoms with E-state index in [1.54, 1.807) is 0 Å². The average molecular weight is 302 g/mol. The van der Waals surface area contributed by atoms with E-state index in [-0.39, 0.29) is 11.4 Å². The number of nitro benzene ring substituents is 1. The van der Waals surface area contributed by atoms with Crippen molar-refractivity contribution in [2.75, 3.05) is 0 Å². The van der Waals surface area contributed by atoms with Gasteiger partial charge in [-0.15, -0.1) is 0 Å². The van der Waals surface area contributed by atoms with Crippen LogP contribution in [0.15, 0.2) is 29.1 Å². The normalized spacial score (nSPS) is 11.3. The number of aliphatic carboxylic acids is 1. The third-order valence-corrected chi connectivity index (χ3v) is 3.27. The highest BCUT2D eigenvalue weighted by atomic mass is 16.6. The predicted octanol–water partition coefficient (Wildman–Crippen LogP) is -1.17. The molecule has 8 nitrogen and oxygen atoms in total. The zero-order valence-corrected chi connectivity index (χ0v) is 12.2. The number of nitrogens with zero attached hydrogens (tertiary/aromatic N) is 2. The number of non-ortho nitro benzene ring substituents is 1. The van der Waals surface area contributed by atoms with Crippen molar-refractivity contribution in [2.24, 2.45) is 7.05 Å². The fourth-order valence-corrected chi connectivity index (χ4v) is 1.95. The molecule has 0 spiro atoms. The van der Waals surface area contributed by atoms with Crippen LogP contribution in [0.25, 0.3) is 10.9 Å². The lowest BCUT2D eigenvalue weighted by Crippen LogP contribution is -2.47. The molecule has 0 aliphatic heterocycles. The fraction of sp³-hybridized carbons (Fsp3) is 0.167. The number of aryl methyl sites for hydroxylation is 1. The highest BCUT2D eigenvalue weighted by molar-refractivity contribution is 6.49. The Kier molecular flexibility index (Phi) is 3.70. The van der Waals surface area contributed by atoms with E-state index in [1.165, 1.54) is 51.6 Å². The third kappa shape index (κ3) is 2.67. The van der Waals surface area contributed by atoms with Crippen LogP contribution in [0.4, 0.5) is 5.69 Å². The minimum absolute atomic E-state index is 0.130. The van der Waals surface area contributed by atoms with Gasteiger partial charge in [0.05, 0.1) is 10.4 Å². The number of hydrogen-bond acceptors (Lipinski definition) is 5. The first-order valence-electron chi connectivity index (χ1n) is 6.34. The number of carbonyl (C=O) groups is 1. The van der Waals surface area contributed by atoms with Crippen LogP contribution in [0.1, 0.15) is 0 Å². The van der Waals surface area contributed by atoms with Gasteiger partial charge in [-0.3, -0.25) is 14.9 Å². The van der Waals surface area contributed by atoms with E-state index in [4.69, 9.17) is 9.84 Å². The van der Waals surface area contributed by atoms with Gasteiger partial charge in [0, 0.05) is 24.6 Å². The molecule has 22 heavy (non-hydrogen) atoms. The van der Waals surface area contributed by atoms with E-state index in [0.717, 1.165) is 0 Å². The number of carboxylic acid groups (broad SMARTS) is 1. The Morgan fingerprint density at radius 1 is 1.41 bits per heavy atom. The molecule has 0 unspecified atom stereocenters. The molecule has 0 fully saturated rings. The molecule has 2 rings (SSSR count). The van der Waals surface area contributed by atoms with Crippen LogP contribution < -0.4 is 10.3 Å². The number of nitro groups is 1. The first kappa shape index (κ1) is 15.6. The van der Waals surface area contributed by atoms with Gasteiger partial charge < -0.3 is 14.4 Å². The summed E-state index contributed by atoms with van der Waals surface area (Å²) in [5.41, 5.74) is -0.165. The maximum absolute atomic E-state index is 12.2. The Bertz CT molecular complexity index is 845. The van der Waals surface area contributed by atoms with Gasteiger partial charge in [-0.25, -0.2) is 4.79 Å². The second-order valence-corrected chi connectivity index (χ2v) is 5.29. The molecule has 0 saturated carbocycles. The molecule has 0 aliphatic rings. The van der Waals surface area contributed by atoms with Gasteiger partial charge in [-0.2, -0.15) is 0 Å². The topological polar surface area (TPSA) is 112 Å². The van der Waals surface area contributed by atoms with Crippen molar-refractivity contribution in [3.05, 3.63) is 44.7 Å². The van der Waals surface area contributed by atoms with Crippen molar-refractivity contribution in [1.29, 1.82) is 0 Å². The molecular weight excluding hydrogens is 290 g/mol. The highest BCUT2D eigenvalue weighted by Gasteiger charge is 2.30. The summed E-state index contributed by atoms with van der Waals surface area (Å²) in [6.45, 7) is 0. The molecule has 1 N–H and O–H groups in total. The monoisotopic (exact) mass is 302 g/mol. The predicted molar refractivity (Wildman–Crippen MR) is 83.9 cm³/mol. The Hall–Kier alpha value is -2.77. The molecule has 0 bridgehead atoms. The van der Waals surface area contributed by atoms with Gasteiger partial charge >= 0.3 is 5.97 Å². The summed E-state index contributed by atoms with van der Waals surface area (Å²) in [6.07, 6.45) is 0. The van der Waals surface area contributed by atoms with Crippen LogP contribution in [0.5, 0.6) is 5.75 Å². The number of carboxylic acids is 1. The number of aromatic nitrogens is 1. The van der Waals surface area contributed by atoms with Crippen LogP contribution in [-0.2, 0) is 11.8 Å². The van der Waals surface area contributed by atoms with Crippen molar-refractivity contribution in [3.8, 4) is 5.75 Å². The maximum Gasteiger partial charge on any atom is 0.329 e. The Labute approximate surface area is 126 Å². The van der Waals surface area contributed by atoms with Gasteiger partial charge in [0.25, 0.3) is 11.2 Å². The number of rotatable bonds is 4. The molecule has 1 heterocycles. The molecule has 2 aromatic rings. The van der Waals surface area contributed by atoms with E-state index in [1.807, 2.05) is 0 Å². The highest BCUT2D eigenvalue weighted by Crippen LogP contribution is 2.23. The lowest BCUT2D eigenvalue weighted by molar-refractivity contribution is -0.384. The molecule has 0 saturated heterocycles.